The predicted octanol–water partition coefficient (Wildman–Crippen LogP) is 0.691. The summed E-state index contributed by atoms with van der Waals surface area (Å²) in [4.78, 5) is 25.3. The summed E-state index contributed by atoms with van der Waals surface area (Å²) in [6.45, 7) is 4.12. The van der Waals surface area contributed by atoms with Crippen LogP contribution in [-0.4, -0.2) is 38.0 Å². The molecule has 21 heavy (non-hydrogen) atoms. The Bertz CT molecular complexity index is 521. The highest BCUT2D eigenvalue weighted by molar-refractivity contribution is 5.98. The molecular weight excluding hydrogens is 266 g/mol. The van der Waals surface area contributed by atoms with Crippen molar-refractivity contribution in [2.45, 2.75) is 19.3 Å². The summed E-state index contributed by atoms with van der Waals surface area (Å²) in [6, 6.07) is 8.46. The third kappa shape index (κ3) is 3.42. The molecule has 2 amide bonds. The number of benzene rings is 1. The van der Waals surface area contributed by atoms with Crippen molar-refractivity contribution in [1.82, 2.24) is 10.6 Å². The Labute approximate surface area is 124 Å². The first-order chi connectivity index (χ1) is 10.2. The predicted molar refractivity (Wildman–Crippen MR) is 81.1 cm³/mol. The summed E-state index contributed by atoms with van der Waals surface area (Å²) < 4.78 is 0. The minimum atomic E-state index is -0.148. The topological polar surface area (TPSA) is 61.4 Å². The van der Waals surface area contributed by atoms with Gasteiger partial charge in [0.05, 0.1) is 0 Å². The summed E-state index contributed by atoms with van der Waals surface area (Å²) in [5.74, 6) is -0.351. The van der Waals surface area contributed by atoms with Crippen molar-refractivity contribution < 1.29 is 9.59 Å². The quantitative estimate of drug-likeness (QED) is 0.803. The second-order valence-electron chi connectivity index (χ2n) is 5.76. The van der Waals surface area contributed by atoms with E-state index in [1.165, 1.54) is 5.69 Å². The molecule has 0 bridgehead atoms. The SMILES string of the molecule is O=C1CCC(Cc2ccc(N3CCNCC3)cc2)C(=O)N1. The molecule has 112 valence electrons. The van der Waals surface area contributed by atoms with Crippen LogP contribution in [0.15, 0.2) is 24.3 Å². The Morgan fingerprint density at radius 3 is 2.48 bits per heavy atom. The zero-order valence-electron chi connectivity index (χ0n) is 12.1. The van der Waals surface area contributed by atoms with Gasteiger partial charge in [-0.2, -0.15) is 0 Å². The molecule has 2 saturated heterocycles. The van der Waals surface area contributed by atoms with Crippen LogP contribution in [0.5, 0.6) is 0 Å². The van der Waals surface area contributed by atoms with Crippen molar-refractivity contribution in [2.75, 3.05) is 31.1 Å². The van der Waals surface area contributed by atoms with Crippen molar-refractivity contribution in [2.24, 2.45) is 5.92 Å². The minimum Gasteiger partial charge on any atom is -0.369 e. The van der Waals surface area contributed by atoms with Crippen LogP contribution < -0.4 is 15.5 Å². The van der Waals surface area contributed by atoms with Crippen LogP contribution in [0.4, 0.5) is 5.69 Å². The lowest BCUT2D eigenvalue weighted by molar-refractivity contribution is -0.136. The van der Waals surface area contributed by atoms with Crippen molar-refractivity contribution >= 4 is 17.5 Å². The molecule has 0 aliphatic carbocycles. The molecule has 0 aromatic heterocycles. The van der Waals surface area contributed by atoms with E-state index in [9.17, 15) is 9.59 Å². The van der Waals surface area contributed by atoms with Gasteiger partial charge < -0.3 is 10.2 Å². The van der Waals surface area contributed by atoms with Crippen LogP contribution in [0.1, 0.15) is 18.4 Å². The number of amides is 2. The first-order valence-electron chi connectivity index (χ1n) is 7.61. The highest BCUT2D eigenvalue weighted by Gasteiger charge is 2.26. The molecule has 0 saturated carbocycles. The van der Waals surface area contributed by atoms with Gasteiger partial charge in [-0.3, -0.25) is 14.9 Å². The molecule has 2 N–H and O–H groups in total. The van der Waals surface area contributed by atoms with E-state index in [1.54, 1.807) is 0 Å². The van der Waals surface area contributed by atoms with Crippen LogP contribution in [0.3, 0.4) is 0 Å². The van der Waals surface area contributed by atoms with Gasteiger partial charge in [-0.05, 0) is 30.5 Å². The number of carbonyl (C=O) groups is 2. The van der Waals surface area contributed by atoms with Gasteiger partial charge in [-0.25, -0.2) is 0 Å². The van der Waals surface area contributed by atoms with Crippen LogP contribution in [0, 0.1) is 5.92 Å². The van der Waals surface area contributed by atoms with Gasteiger partial charge in [0.2, 0.25) is 11.8 Å². The second kappa shape index (κ2) is 6.26. The van der Waals surface area contributed by atoms with Gasteiger partial charge >= 0.3 is 0 Å². The largest absolute Gasteiger partial charge is 0.369 e. The van der Waals surface area contributed by atoms with Crippen molar-refractivity contribution in [1.29, 1.82) is 0 Å². The Morgan fingerprint density at radius 2 is 1.81 bits per heavy atom. The number of hydrogen-bond acceptors (Lipinski definition) is 4. The number of piperazine rings is 1. The molecule has 5 heteroatoms. The fourth-order valence-electron chi connectivity index (χ4n) is 2.98. The normalized spacial score (nSPS) is 23.0. The van der Waals surface area contributed by atoms with Gasteiger partial charge in [-0.15, -0.1) is 0 Å². The first-order valence-corrected chi connectivity index (χ1v) is 7.61. The zero-order chi connectivity index (χ0) is 14.7. The van der Waals surface area contributed by atoms with Gasteiger partial charge in [0, 0.05) is 44.2 Å². The third-order valence-corrected chi connectivity index (χ3v) is 4.25. The summed E-state index contributed by atoms with van der Waals surface area (Å²) in [6.07, 6.45) is 1.82. The highest BCUT2D eigenvalue weighted by Crippen LogP contribution is 2.21. The number of carbonyl (C=O) groups excluding carboxylic acids is 2. The number of anilines is 1. The van der Waals surface area contributed by atoms with Crippen LogP contribution in [-0.2, 0) is 16.0 Å². The molecule has 2 aliphatic heterocycles. The molecule has 1 aromatic carbocycles. The summed E-state index contributed by atoms with van der Waals surface area (Å²) >= 11 is 0. The van der Waals surface area contributed by atoms with E-state index < -0.39 is 0 Å². The van der Waals surface area contributed by atoms with E-state index in [4.69, 9.17) is 0 Å². The molecule has 0 spiro atoms. The number of nitrogens with one attached hydrogen (secondary N) is 2. The summed E-state index contributed by atoms with van der Waals surface area (Å²) in [5.41, 5.74) is 2.40. The molecule has 5 nitrogen and oxygen atoms in total. The maximum Gasteiger partial charge on any atom is 0.230 e. The number of imide groups is 1. The number of nitrogens with zero attached hydrogens (tertiary/aromatic N) is 1. The Kier molecular flexibility index (Phi) is 4.20. The smallest absolute Gasteiger partial charge is 0.230 e. The zero-order valence-corrected chi connectivity index (χ0v) is 12.1. The molecule has 3 rings (SSSR count). The lowest BCUT2D eigenvalue weighted by Gasteiger charge is -2.29. The van der Waals surface area contributed by atoms with Crippen LogP contribution in [0.2, 0.25) is 0 Å². The van der Waals surface area contributed by atoms with Crippen molar-refractivity contribution in [3.63, 3.8) is 0 Å². The van der Waals surface area contributed by atoms with E-state index in [0.29, 0.717) is 19.3 Å². The van der Waals surface area contributed by atoms with E-state index in [2.05, 4.69) is 39.8 Å². The fraction of sp³-hybridized carbons (Fsp3) is 0.500. The number of rotatable bonds is 3. The van der Waals surface area contributed by atoms with Crippen molar-refractivity contribution in [3.05, 3.63) is 29.8 Å². The Hall–Kier alpha value is -1.88. The van der Waals surface area contributed by atoms with Crippen LogP contribution in [0.25, 0.3) is 0 Å². The van der Waals surface area contributed by atoms with Crippen molar-refractivity contribution in [3.8, 4) is 0 Å². The minimum absolute atomic E-state index is 0.0762. The molecule has 1 aromatic rings. The second-order valence-corrected chi connectivity index (χ2v) is 5.76. The standard InChI is InChI=1S/C16H21N3O2/c20-15-6-3-13(16(21)18-15)11-12-1-4-14(5-2-12)19-9-7-17-8-10-19/h1-2,4-5,13,17H,3,6-11H2,(H,18,20,21). The van der Waals surface area contributed by atoms with Gasteiger partial charge in [0.1, 0.15) is 0 Å². The molecule has 1 unspecified atom stereocenters. The Morgan fingerprint density at radius 1 is 1.10 bits per heavy atom. The molecule has 0 radical (unpaired) electrons. The molecular formula is C16H21N3O2. The fourth-order valence-corrected chi connectivity index (χ4v) is 2.98. The van der Waals surface area contributed by atoms with Crippen LogP contribution >= 0.6 is 0 Å². The van der Waals surface area contributed by atoms with E-state index in [0.717, 1.165) is 31.7 Å². The molecule has 2 heterocycles. The van der Waals surface area contributed by atoms with Gasteiger partial charge in [0.25, 0.3) is 0 Å². The van der Waals surface area contributed by atoms with Gasteiger partial charge in [0.15, 0.2) is 0 Å². The average molecular weight is 287 g/mol. The molecule has 1 atom stereocenters. The Balaban J connectivity index is 1.61. The maximum atomic E-state index is 11.8. The molecule has 2 aliphatic rings. The van der Waals surface area contributed by atoms with Gasteiger partial charge in [-0.1, -0.05) is 12.1 Å². The average Bonchev–Trinajstić information content (AvgIpc) is 2.52. The summed E-state index contributed by atoms with van der Waals surface area (Å²) in [5, 5.41) is 5.76. The monoisotopic (exact) mass is 287 g/mol. The lowest BCUT2D eigenvalue weighted by Crippen LogP contribution is -2.43. The molecule has 2 fully saturated rings. The maximum absolute atomic E-state index is 11.8. The first kappa shape index (κ1) is 14.1. The van der Waals surface area contributed by atoms with E-state index in [1.807, 2.05) is 0 Å². The lowest BCUT2D eigenvalue weighted by atomic mass is 9.91. The summed E-state index contributed by atoms with van der Waals surface area (Å²) in [7, 11) is 0. The van der Waals surface area contributed by atoms with E-state index >= 15 is 0 Å². The number of hydrogen-bond donors (Lipinski definition) is 2. The van der Waals surface area contributed by atoms with E-state index in [-0.39, 0.29) is 17.7 Å². The number of piperidine rings is 1. The third-order valence-electron chi connectivity index (χ3n) is 4.25. The highest BCUT2D eigenvalue weighted by atomic mass is 16.2.